The molecule has 4 heteroatoms. The molecule has 0 unspecified atom stereocenters. The number of carbonyl (C=O) groups is 1. The Kier molecular flexibility index (Phi) is 8.48. The molecule has 14 heavy (non-hydrogen) atoms. The van der Waals surface area contributed by atoms with E-state index < -0.39 is 12.3 Å². The third kappa shape index (κ3) is 7.95. The molecule has 0 fully saturated rings. The molecule has 0 heterocycles. The third-order valence-corrected chi connectivity index (χ3v) is 2.03. The van der Waals surface area contributed by atoms with E-state index in [2.05, 4.69) is 12.2 Å². The second-order valence-electron chi connectivity index (χ2n) is 3.36. The van der Waals surface area contributed by atoms with E-state index in [4.69, 9.17) is 0 Å². The minimum absolute atomic E-state index is 0.370. The standard InChI is InChI=1S/C10H19F2NO/c1-2-3-4-5-6-7-8-13-10(14)9(11)12/h9H,2-8H2,1H3,(H,13,14). The Morgan fingerprint density at radius 2 is 1.71 bits per heavy atom. The van der Waals surface area contributed by atoms with Crippen LogP contribution < -0.4 is 5.32 Å². The summed E-state index contributed by atoms with van der Waals surface area (Å²) in [4.78, 5) is 10.4. The van der Waals surface area contributed by atoms with Gasteiger partial charge in [0.25, 0.3) is 5.91 Å². The summed E-state index contributed by atoms with van der Waals surface area (Å²) in [5.74, 6) is -1.15. The number of hydrogen-bond donors (Lipinski definition) is 1. The van der Waals surface area contributed by atoms with Crippen molar-refractivity contribution in [3.8, 4) is 0 Å². The zero-order valence-electron chi connectivity index (χ0n) is 8.69. The van der Waals surface area contributed by atoms with Crippen molar-refractivity contribution in [3.05, 3.63) is 0 Å². The summed E-state index contributed by atoms with van der Waals surface area (Å²) in [6.07, 6.45) is 3.66. The number of rotatable bonds is 8. The molecule has 0 aromatic rings. The Bertz CT molecular complexity index is 151. The highest BCUT2D eigenvalue weighted by Gasteiger charge is 2.12. The second-order valence-corrected chi connectivity index (χ2v) is 3.36. The molecule has 0 aromatic heterocycles. The lowest BCUT2D eigenvalue weighted by Crippen LogP contribution is -2.30. The van der Waals surface area contributed by atoms with Crippen LogP contribution in [0.5, 0.6) is 0 Å². The van der Waals surface area contributed by atoms with Crippen LogP contribution in [0.15, 0.2) is 0 Å². The molecule has 2 nitrogen and oxygen atoms in total. The van der Waals surface area contributed by atoms with E-state index in [1.807, 2.05) is 0 Å². The molecule has 1 N–H and O–H groups in total. The van der Waals surface area contributed by atoms with Crippen LogP contribution in [0.25, 0.3) is 0 Å². The Labute approximate surface area is 84.1 Å². The normalized spacial score (nSPS) is 10.6. The molecule has 0 spiro atoms. The van der Waals surface area contributed by atoms with E-state index in [1.54, 1.807) is 0 Å². The summed E-state index contributed by atoms with van der Waals surface area (Å²) >= 11 is 0. The number of unbranched alkanes of at least 4 members (excludes halogenated alkanes) is 5. The van der Waals surface area contributed by atoms with E-state index in [-0.39, 0.29) is 0 Å². The average molecular weight is 207 g/mol. The zero-order valence-corrected chi connectivity index (χ0v) is 8.69. The van der Waals surface area contributed by atoms with Gasteiger partial charge in [0.05, 0.1) is 0 Å². The van der Waals surface area contributed by atoms with Gasteiger partial charge in [-0.15, -0.1) is 0 Å². The lowest BCUT2D eigenvalue weighted by atomic mass is 10.1. The smallest absolute Gasteiger partial charge is 0.315 e. The first-order valence-electron chi connectivity index (χ1n) is 5.24. The van der Waals surface area contributed by atoms with Gasteiger partial charge >= 0.3 is 6.43 Å². The number of alkyl halides is 2. The molecule has 84 valence electrons. The molecule has 0 aliphatic heterocycles. The Morgan fingerprint density at radius 3 is 2.29 bits per heavy atom. The van der Waals surface area contributed by atoms with E-state index in [9.17, 15) is 13.6 Å². The number of halogens is 2. The highest BCUT2D eigenvalue weighted by molar-refractivity contribution is 5.78. The minimum Gasteiger partial charge on any atom is -0.351 e. The van der Waals surface area contributed by atoms with Gasteiger partial charge in [-0.05, 0) is 6.42 Å². The largest absolute Gasteiger partial charge is 0.351 e. The van der Waals surface area contributed by atoms with Crippen molar-refractivity contribution in [1.82, 2.24) is 5.32 Å². The Hall–Kier alpha value is -0.670. The van der Waals surface area contributed by atoms with Gasteiger partial charge in [0.15, 0.2) is 0 Å². The van der Waals surface area contributed by atoms with Crippen molar-refractivity contribution in [1.29, 1.82) is 0 Å². The van der Waals surface area contributed by atoms with Crippen molar-refractivity contribution in [2.24, 2.45) is 0 Å². The SMILES string of the molecule is CCCCCCCCNC(=O)C(F)F. The average Bonchev–Trinajstić information content (AvgIpc) is 2.16. The van der Waals surface area contributed by atoms with Crippen LogP contribution >= 0.6 is 0 Å². The molecule has 0 rings (SSSR count). The monoisotopic (exact) mass is 207 g/mol. The van der Waals surface area contributed by atoms with Crippen LogP contribution in [-0.2, 0) is 4.79 Å². The molecule has 0 radical (unpaired) electrons. The van der Waals surface area contributed by atoms with E-state index in [1.165, 1.54) is 19.3 Å². The summed E-state index contributed by atoms with van der Waals surface area (Å²) in [5.41, 5.74) is 0. The Balaban J connectivity index is 3.10. The number of nitrogens with one attached hydrogen (secondary N) is 1. The van der Waals surface area contributed by atoms with E-state index in [0.717, 1.165) is 19.3 Å². The fraction of sp³-hybridized carbons (Fsp3) is 0.900. The van der Waals surface area contributed by atoms with E-state index >= 15 is 0 Å². The molecule has 1 amide bonds. The number of amides is 1. The molecule has 0 aliphatic rings. The van der Waals surface area contributed by atoms with E-state index in [0.29, 0.717) is 6.54 Å². The van der Waals surface area contributed by atoms with Gasteiger partial charge in [-0.25, -0.2) is 0 Å². The van der Waals surface area contributed by atoms with Gasteiger partial charge in [0, 0.05) is 6.54 Å². The first-order valence-corrected chi connectivity index (χ1v) is 5.24. The minimum atomic E-state index is -2.88. The quantitative estimate of drug-likeness (QED) is 0.609. The first-order chi connectivity index (χ1) is 6.68. The maximum atomic E-state index is 11.7. The summed E-state index contributed by atoms with van der Waals surface area (Å²) in [6, 6.07) is 0. The summed E-state index contributed by atoms with van der Waals surface area (Å²) < 4.78 is 23.4. The fourth-order valence-electron chi connectivity index (χ4n) is 1.19. The predicted octanol–water partition coefficient (Wildman–Crippen LogP) is 2.73. The maximum absolute atomic E-state index is 11.7. The predicted molar refractivity (Wildman–Crippen MR) is 52.4 cm³/mol. The van der Waals surface area contributed by atoms with Crippen LogP contribution in [0.3, 0.4) is 0 Å². The first kappa shape index (κ1) is 13.3. The van der Waals surface area contributed by atoms with Crippen LogP contribution in [-0.4, -0.2) is 18.9 Å². The molecule has 0 atom stereocenters. The van der Waals surface area contributed by atoms with Crippen LogP contribution in [0.2, 0.25) is 0 Å². The van der Waals surface area contributed by atoms with Crippen molar-refractivity contribution >= 4 is 5.91 Å². The molecule has 0 saturated carbocycles. The molecular weight excluding hydrogens is 188 g/mol. The Morgan fingerprint density at radius 1 is 1.14 bits per heavy atom. The van der Waals surface area contributed by atoms with Gasteiger partial charge in [-0.2, -0.15) is 8.78 Å². The van der Waals surface area contributed by atoms with Crippen molar-refractivity contribution < 1.29 is 13.6 Å². The van der Waals surface area contributed by atoms with Crippen LogP contribution in [0, 0.1) is 0 Å². The van der Waals surface area contributed by atoms with Crippen LogP contribution in [0.4, 0.5) is 8.78 Å². The molecule has 0 bridgehead atoms. The zero-order chi connectivity index (χ0) is 10.8. The van der Waals surface area contributed by atoms with Gasteiger partial charge in [-0.3, -0.25) is 4.79 Å². The molecule has 0 aromatic carbocycles. The lowest BCUT2D eigenvalue weighted by Gasteiger charge is -2.03. The summed E-state index contributed by atoms with van der Waals surface area (Å²) in [5, 5.41) is 2.18. The second kappa shape index (κ2) is 8.91. The lowest BCUT2D eigenvalue weighted by molar-refractivity contribution is -0.131. The molecular formula is C10H19F2NO. The highest BCUT2D eigenvalue weighted by Crippen LogP contribution is 2.04. The van der Waals surface area contributed by atoms with Crippen LogP contribution in [0.1, 0.15) is 45.4 Å². The number of hydrogen-bond acceptors (Lipinski definition) is 1. The van der Waals surface area contributed by atoms with Crippen molar-refractivity contribution in [2.75, 3.05) is 6.54 Å². The van der Waals surface area contributed by atoms with Gasteiger partial charge < -0.3 is 5.32 Å². The fourth-order valence-corrected chi connectivity index (χ4v) is 1.19. The highest BCUT2D eigenvalue weighted by atomic mass is 19.3. The summed E-state index contributed by atoms with van der Waals surface area (Å²) in [6.45, 7) is 2.51. The van der Waals surface area contributed by atoms with Crippen molar-refractivity contribution in [3.63, 3.8) is 0 Å². The van der Waals surface area contributed by atoms with Gasteiger partial charge in [-0.1, -0.05) is 39.0 Å². The van der Waals surface area contributed by atoms with Gasteiger partial charge in [0.2, 0.25) is 0 Å². The summed E-state index contributed by atoms with van der Waals surface area (Å²) in [7, 11) is 0. The van der Waals surface area contributed by atoms with Crippen molar-refractivity contribution in [2.45, 2.75) is 51.9 Å². The topological polar surface area (TPSA) is 29.1 Å². The molecule has 0 saturated heterocycles. The third-order valence-electron chi connectivity index (χ3n) is 2.03. The van der Waals surface area contributed by atoms with Gasteiger partial charge in [0.1, 0.15) is 0 Å². The maximum Gasteiger partial charge on any atom is 0.315 e. The molecule has 0 aliphatic carbocycles. The number of carbonyl (C=O) groups excluding carboxylic acids is 1.